The molecule has 2 aliphatic rings. The van der Waals surface area contributed by atoms with Gasteiger partial charge in [0.2, 0.25) is 5.91 Å². The highest BCUT2D eigenvalue weighted by Crippen LogP contribution is 2.42. The Bertz CT molecular complexity index is 1910. The maximum atomic E-state index is 15.5. The maximum absolute atomic E-state index is 15.5. The van der Waals surface area contributed by atoms with E-state index in [0.29, 0.717) is 11.3 Å². The van der Waals surface area contributed by atoms with Crippen LogP contribution in [-0.2, 0) is 4.79 Å². The lowest BCUT2D eigenvalue weighted by atomic mass is 9.94. The summed E-state index contributed by atoms with van der Waals surface area (Å²) >= 11 is 12.3. The second-order valence-electron chi connectivity index (χ2n) is 11.0. The zero-order chi connectivity index (χ0) is 32.9. The molecule has 0 bridgehead atoms. The van der Waals surface area contributed by atoms with Gasteiger partial charge in [0.1, 0.15) is 22.3 Å². The molecule has 14 heteroatoms. The van der Waals surface area contributed by atoms with Crippen LogP contribution in [-0.4, -0.2) is 52.6 Å². The number of nitrogens with two attached hydrogens (primary N) is 1. The van der Waals surface area contributed by atoms with Crippen LogP contribution < -0.4 is 21.5 Å². The number of allylic oxidation sites excluding steroid dienone is 2. The van der Waals surface area contributed by atoms with Gasteiger partial charge in [-0.05, 0) is 42.8 Å². The third kappa shape index (κ3) is 5.19. The molecule has 0 saturated carbocycles. The number of fused-ring (bicyclic) bond motifs is 1. The Hall–Kier alpha value is -4.47. The lowest BCUT2D eigenvalue weighted by Crippen LogP contribution is -2.49. The predicted octanol–water partition coefficient (Wildman–Crippen LogP) is 5.45. The van der Waals surface area contributed by atoms with Gasteiger partial charge in [-0.2, -0.15) is 5.26 Å². The Morgan fingerprint density at radius 3 is 2.47 bits per heavy atom. The molecule has 3 N–H and O–H groups in total. The van der Waals surface area contributed by atoms with E-state index in [2.05, 4.69) is 16.9 Å². The second-order valence-corrected chi connectivity index (χ2v) is 11.8. The standard InChI is InChI=1S/C31H28Cl2F3N7O2/c1-5-19(44)41-8-10-42(11-9-41)29-16-12-18(32)27(20-22(34)24(36)21(33)25(38)23(20)35)40-30(16)43(31(45)17(29)13-37)28-15(4)6-7-39-26(28)14(2)3/h5-7,12,14,26,39H,1,8-11,38H2,2-4H3/t26-/m1/s1. The van der Waals surface area contributed by atoms with Crippen molar-refractivity contribution >= 4 is 57.2 Å². The van der Waals surface area contributed by atoms with Crippen molar-refractivity contribution in [2.75, 3.05) is 36.8 Å². The normalized spacial score (nSPS) is 16.8. The topological polar surface area (TPSA) is 120 Å². The van der Waals surface area contributed by atoms with Gasteiger partial charge in [0.15, 0.2) is 17.5 Å². The second kappa shape index (κ2) is 12.1. The Balaban J connectivity index is 1.90. The Labute approximate surface area is 266 Å². The molecule has 2 aromatic heterocycles. The monoisotopic (exact) mass is 657 g/mol. The van der Waals surface area contributed by atoms with E-state index in [-0.39, 0.29) is 65.3 Å². The lowest BCUT2D eigenvalue weighted by molar-refractivity contribution is -0.126. The van der Waals surface area contributed by atoms with E-state index >= 15 is 8.78 Å². The highest BCUT2D eigenvalue weighted by Gasteiger charge is 2.33. The number of amides is 1. The third-order valence-electron chi connectivity index (χ3n) is 8.02. The van der Waals surface area contributed by atoms with Crippen LogP contribution in [0, 0.1) is 34.7 Å². The molecule has 4 heterocycles. The zero-order valence-corrected chi connectivity index (χ0v) is 26.0. The minimum Gasteiger partial charge on any atom is -0.395 e. The molecule has 1 atom stereocenters. The first-order chi connectivity index (χ1) is 21.3. The number of rotatable bonds is 5. The van der Waals surface area contributed by atoms with Gasteiger partial charge in [-0.3, -0.25) is 14.2 Å². The summed E-state index contributed by atoms with van der Waals surface area (Å²) < 4.78 is 46.7. The molecule has 3 aromatic rings. The van der Waals surface area contributed by atoms with Crippen molar-refractivity contribution in [2.24, 2.45) is 5.92 Å². The Morgan fingerprint density at radius 1 is 1.20 bits per heavy atom. The molecule has 0 aliphatic carbocycles. The number of benzene rings is 1. The van der Waals surface area contributed by atoms with Crippen molar-refractivity contribution < 1.29 is 18.0 Å². The predicted molar refractivity (Wildman–Crippen MR) is 169 cm³/mol. The van der Waals surface area contributed by atoms with E-state index in [1.54, 1.807) is 29.0 Å². The van der Waals surface area contributed by atoms with Crippen LogP contribution in [0.4, 0.5) is 24.5 Å². The molecule has 5 rings (SSSR count). The number of nitriles is 1. The van der Waals surface area contributed by atoms with Crippen molar-refractivity contribution in [3.63, 3.8) is 0 Å². The summed E-state index contributed by atoms with van der Waals surface area (Å²) in [6.07, 6.45) is 4.68. The van der Waals surface area contributed by atoms with E-state index in [4.69, 9.17) is 28.9 Å². The largest absolute Gasteiger partial charge is 0.395 e. The molecule has 1 saturated heterocycles. The highest BCUT2D eigenvalue weighted by atomic mass is 35.5. The minimum absolute atomic E-state index is 0.0608. The van der Waals surface area contributed by atoms with Crippen molar-refractivity contribution in [3.05, 3.63) is 80.0 Å². The average Bonchev–Trinajstić information content (AvgIpc) is 3.02. The van der Waals surface area contributed by atoms with Crippen LogP contribution in [0.15, 0.2) is 41.4 Å². The van der Waals surface area contributed by atoms with E-state index < -0.39 is 51.0 Å². The van der Waals surface area contributed by atoms with Crippen molar-refractivity contribution in [3.8, 4) is 17.3 Å². The number of nitrogens with zero attached hydrogens (tertiary/aromatic N) is 5. The molecule has 45 heavy (non-hydrogen) atoms. The number of hydrogen-bond donors (Lipinski definition) is 2. The number of carbonyl (C=O) groups excluding carboxylic acids is 1. The van der Waals surface area contributed by atoms with E-state index in [9.17, 15) is 19.2 Å². The number of carbonyl (C=O) groups is 1. The molecule has 1 fully saturated rings. The summed E-state index contributed by atoms with van der Waals surface area (Å²) in [5.74, 6) is -4.95. The van der Waals surface area contributed by atoms with Gasteiger partial charge >= 0.3 is 0 Å². The van der Waals surface area contributed by atoms with Crippen LogP contribution in [0.1, 0.15) is 26.3 Å². The molecule has 2 aliphatic heterocycles. The van der Waals surface area contributed by atoms with E-state index in [1.165, 1.54) is 16.7 Å². The van der Waals surface area contributed by atoms with Crippen molar-refractivity contribution in [2.45, 2.75) is 26.8 Å². The fourth-order valence-electron chi connectivity index (χ4n) is 5.75. The van der Waals surface area contributed by atoms with Crippen LogP contribution in [0.25, 0.3) is 28.0 Å². The quantitative estimate of drug-likeness (QED) is 0.162. The number of pyridine rings is 2. The number of dihydropyridines is 1. The molecule has 1 aromatic carbocycles. The number of nitrogen functional groups attached to an aromatic ring is 1. The molecule has 234 valence electrons. The number of anilines is 2. The van der Waals surface area contributed by atoms with Gasteiger partial charge in [0.05, 0.1) is 39.4 Å². The molecule has 9 nitrogen and oxygen atoms in total. The van der Waals surface area contributed by atoms with Crippen LogP contribution >= 0.6 is 23.2 Å². The van der Waals surface area contributed by atoms with Crippen LogP contribution in [0.2, 0.25) is 10.0 Å². The van der Waals surface area contributed by atoms with Crippen molar-refractivity contribution in [1.82, 2.24) is 19.8 Å². The van der Waals surface area contributed by atoms with E-state index in [1.807, 2.05) is 19.9 Å². The first kappa shape index (κ1) is 31.9. The number of halogens is 5. The van der Waals surface area contributed by atoms with Crippen LogP contribution in [0.5, 0.6) is 0 Å². The summed E-state index contributed by atoms with van der Waals surface area (Å²) in [6.45, 7) is 10.2. The van der Waals surface area contributed by atoms with Gasteiger partial charge in [-0.1, -0.05) is 43.6 Å². The van der Waals surface area contributed by atoms with Gasteiger partial charge in [0.25, 0.3) is 5.56 Å². The number of piperazine rings is 1. The van der Waals surface area contributed by atoms with Gasteiger partial charge in [0, 0.05) is 31.6 Å². The molecule has 0 radical (unpaired) electrons. The maximum Gasteiger partial charge on any atom is 0.276 e. The van der Waals surface area contributed by atoms with Gasteiger partial charge in [-0.15, -0.1) is 0 Å². The first-order valence-corrected chi connectivity index (χ1v) is 14.7. The number of hydrogen-bond acceptors (Lipinski definition) is 7. The smallest absolute Gasteiger partial charge is 0.276 e. The summed E-state index contributed by atoms with van der Waals surface area (Å²) in [5, 5.41) is 12.6. The van der Waals surface area contributed by atoms with Gasteiger partial charge in [-0.25, -0.2) is 18.2 Å². The van der Waals surface area contributed by atoms with E-state index in [0.717, 1.165) is 0 Å². The van der Waals surface area contributed by atoms with Crippen molar-refractivity contribution in [1.29, 1.82) is 5.26 Å². The minimum atomic E-state index is -1.66. The Kier molecular flexibility index (Phi) is 8.62. The lowest BCUT2D eigenvalue weighted by Gasteiger charge is -2.37. The SMILES string of the molecule is C=CC(=O)N1CCN(c2c(C#N)c(=O)n(C3=C(C)C=CN[C@@H]3C(C)C)c3nc(-c4c(F)c(N)c(Cl)c(F)c4F)c(Cl)cc23)CC1. The number of aromatic nitrogens is 2. The van der Waals surface area contributed by atoms with Gasteiger partial charge < -0.3 is 20.9 Å². The highest BCUT2D eigenvalue weighted by molar-refractivity contribution is 6.35. The summed E-state index contributed by atoms with van der Waals surface area (Å²) in [4.78, 5) is 34.4. The number of nitrogens with one attached hydrogen (secondary N) is 1. The first-order valence-electron chi connectivity index (χ1n) is 13.9. The van der Waals surface area contributed by atoms with Crippen LogP contribution in [0.3, 0.4) is 0 Å². The molecular formula is C31H28Cl2F3N7O2. The Morgan fingerprint density at radius 2 is 1.87 bits per heavy atom. The molecule has 0 unspecified atom stereocenters. The average molecular weight is 659 g/mol. The molecule has 1 amide bonds. The summed E-state index contributed by atoms with van der Waals surface area (Å²) in [7, 11) is 0. The fourth-order valence-corrected chi connectivity index (χ4v) is 6.16. The zero-order valence-electron chi connectivity index (χ0n) is 24.5. The molecule has 0 spiro atoms. The molecular weight excluding hydrogens is 630 g/mol. The summed E-state index contributed by atoms with van der Waals surface area (Å²) in [6, 6.07) is 2.94. The third-order valence-corrected chi connectivity index (χ3v) is 8.68. The fraction of sp³-hybridized carbons (Fsp3) is 0.290. The summed E-state index contributed by atoms with van der Waals surface area (Å²) in [5.41, 5.74) is 3.62.